The van der Waals surface area contributed by atoms with Gasteiger partial charge in [0.05, 0.1) is 5.69 Å². The Balaban J connectivity index is 2.81. The third kappa shape index (κ3) is 4.20. The average Bonchev–Trinajstić information content (AvgIpc) is 2.34. The van der Waals surface area contributed by atoms with E-state index in [4.69, 9.17) is 10.9 Å². The van der Waals surface area contributed by atoms with Crippen LogP contribution in [0.4, 0.5) is 5.82 Å². The fourth-order valence-corrected chi connectivity index (χ4v) is 1.73. The van der Waals surface area contributed by atoms with Crippen LogP contribution in [0.5, 0.6) is 0 Å². The fraction of sp³-hybridized carbons (Fsp3) is 0.583. The Bertz CT molecular complexity index is 405. The largest absolute Gasteiger partial charge is 0.409 e. The third-order valence-electron chi connectivity index (χ3n) is 2.51. The van der Waals surface area contributed by atoms with Gasteiger partial charge in [0, 0.05) is 31.9 Å². The molecule has 0 radical (unpaired) electrons. The molecular formula is C12H21N5O. The second-order valence-electron chi connectivity index (χ2n) is 4.65. The van der Waals surface area contributed by atoms with Gasteiger partial charge >= 0.3 is 0 Å². The summed E-state index contributed by atoms with van der Waals surface area (Å²) in [5.74, 6) is 1.58. The number of anilines is 1. The minimum absolute atomic E-state index is 0.227. The van der Waals surface area contributed by atoms with Crippen molar-refractivity contribution in [2.75, 3.05) is 18.0 Å². The standard InChI is InChI=1S/C12H21N5O/c1-9(2)8-17(7-4-11(13)16-18)12-10(3)14-5-6-15-12/h5-6,9,18H,4,7-8H2,1-3H3,(H2,13,16). The molecule has 1 heterocycles. The summed E-state index contributed by atoms with van der Waals surface area (Å²) < 4.78 is 0. The van der Waals surface area contributed by atoms with E-state index in [2.05, 4.69) is 33.9 Å². The second-order valence-corrected chi connectivity index (χ2v) is 4.65. The summed E-state index contributed by atoms with van der Waals surface area (Å²) in [4.78, 5) is 10.7. The lowest BCUT2D eigenvalue weighted by atomic mass is 10.2. The van der Waals surface area contributed by atoms with E-state index in [1.807, 2.05) is 6.92 Å². The number of hydrogen-bond acceptors (Lipinski definition) is 5. The summed E-state index contributed by atoms with van der Waals surface area (Å²) in [5, 5.41) is 11.6. The quantitative estimate of drug-likeness (QED) is 0.345. The van der Waals surface area contributed by atoms with Crippen LogP contribution >= 0.6 is 0 Å². The van der Waals surface area contributed by atoms with Crippen molar-refractivity contribution in [2.45, 2.75) is 27.2 Å². The summed E-state index contributed by atoms with van der Waals surface area (Å²) in [7, 11) is 0. The Morgan fingerprint density at radius 1 is 1.44 bits per heavy atom. The highest BCUT2D eigenvalue weighted by Gasteiger charge is 2.13. The number of hydrogen-bond donors (Lipinski definition) is 2. The third-order valence-corrected chi connectivity index (χ3v) is 2.51. The molecule has 3 N–H and O–H groups in total. The predicted octanol–water partition coefficient (Wildman–Crippen LogP) is 1.38. The highest BCUT2D eigenvalue weighted by molar-refractivity contribution is 5.80. The van der Waals surface area contributed by atoms with Gasteiger partial charge in [0.25, 0.3) is 0 Å². The summed E-state index contributed by atoms with van der Waals surface area (Å²) >= 11 is 0. The topological polar surface area (TPSA) is 87.6 Å². The van der Waals surface area contributed by atoms with Crippen LogP contribution in [0.1, 0.15) is 26.0 Å². The molecule has 0 saturated carbocycles. The van der Waals surface area contributed by atoms with Crippen LogP contribution in [0.25, 0.3) is 0 Å². The van der Waals surface area contributed by atoms with Crippen molar-refractivity contribution in [2.24, 2.45) is 16.8 Å². The Morgan fingerprint density at radius 3 is 2.67 bits per heavy atom. The maximum atomic E-state index is 8.57. The Morgan fingerprint density at radius 2 is 2.11 bits per heavy atom. The lowest BCUT2D eigenvalue weighted by Crippen LogP contribution is -2.32. The second kappa shape index (κ2) is 6.78. The van der Waals surface area contributed by atoms with E-state index in [0.29, 0.717) is 18.9 Å². The molecule has 0 saturated heterocycles. The Kier molecular flexibility index (Phi) is 5.35. The van der Waals surface area contributed by atoms with Crippen LogP contribution in [0.3, 0.4) is 0 Å². The van der Waals surface area contributed by atoms with Crippen LogP contribution in [0, 0.1) is 12.8 Å². The van der Waals surface area contributed by atoms with Gasteiger partial charge in [0.2, 0.25) is 0 Å². The zero-order valence-corrected chi connectivity index (χ0v) is 11.2. The van der Waals surface area contributed by atoms with E-state index >= 15 is 0 Å². The molecule has 0 spiro atoms. The molecule has 18 heavy (non-hydrogen) atoms. The lowest BCUT2D eigenvalue weighted by Gasteiger charge is -2.26. The monoisotopic (exact) mass is 251 g/mol. The molecule has 0 aliphatic heterocycles. The Labute approximate surface area is 108 Å². The van der Waals surface area contributed by atoms with Gasteiger partial charge in [-0.1, -0.05) is 19.0 Å². The Hall–Kier alpha value is -1.85. The van der Waals surface area contributed by atoms with Gasteiger partial charge in [0.1, 0.15) is 11.7 Å². The number of nitrogens with zero attached hydrogens (tertiary/aromatic N) is 4. The number of nitrogens with two attached hydrogens (primary N) is 1. The number of rotatable bonds is 6. The molecule has 0 aliphatic rings. The van der Waals surface area contributed by atoms with Crippen molar-refractivity contribution in [3.63, 3.8) is 0 Å². The summed E-state index contributed by atoms with van der Waals surface area (Å²) in [6.07, 6.45) is 3.86. The molecule has 1 rings (SSSR count). The molecule has 1 aromatic rings. The van der Waals surface area contributed by atoms with Crippen molar-refractivity contribution in [1.29, 1.82) is 0 Å². The molecule has 0 amide bonds. The van der Waals surface area contributed by atoms with Crippen LogP contribution in [-0.2, 0) is 0 Å². The molecule has 6 nitrogen and oxygen atoms in total. The van der Waals surface area contributed by atoms with E-state index in [0.717, 1.165) is 18.1 Å². The van der Waals surface area contributed by atoms with Crippen LogP contribution in [0.15, 0.2) is 17.5 Å². The molecule has 0 bridgehead atoms. The molecule has 0 atom stereocenters. The molecule has 0 aliphatic carbocycles. The van der Waals surface area contributed by atoms with Gasteiger partial charge in [-0.25, -0.2) is 4.98 Å². The van der Waals surface area contributed by atoms with Gasteiger partial charge in [-0.05, 0) is 12.8 Å². The van der Waals surface area contributed by atoms with Crippen LogP contribution in [0.2, 0.25) is 0 Å². The van der Waals surface area contributed by atoms with Gasteiger partial charge < -0.3 is 15.8 Å². The van der Waals surface area contributed by atoms with Crippen molar-refractivity contribution in [3.8, 4) is 0 Å². The molecular weight excluding hydrogens is 230 g/mol. The van der Waals surface area contributed by atoms with Gasteiger partial charge in [-0.15, -0.1) is 0 Å². The van der Waals surface area contributed by atoms with Crippen LogP contribution in [-0.4, -0.2) is 34.1 Å². The predicted molar refractivity (Wildman–Crippen MR) is 71.8 cm³/mol. The SMILES string of the molecule is Cc1nccnc1N(CCC(N)=NO)CC(C)C. The molecule has 6 heteroatoms. The van der Waals surface area contributed by atoms with Gasteiger partial charge in [-0.2, -0.15) is 0 Å². The smallest absolute Gasteiger partial charge is 0.150 e. The minimum Gasteiger partial charge on any atom is -0.409 e. The summed E-state index contributed by atoms with van der Waals surface area (Å²) in [6, 6.07) is 0. The number of aromatic nitrogens is 2. The van der Waals surface area contributed by atoms with Crippen molar-refractivity contribution in [3.05, 3.63) is 18.1 Å². The maximum absolute atomic E-state index is 8.57. The van der Waals surface area contributed by atoms with E-state index in [1.54, 1.807) is 12.4 Å². The zero-order valence-electron chi connectivity index (χ0n) is 11.2. The van der Waals surface area contributed by atoms with Crippen LogP contribution < -0.4 is 10.6 Å². The van der Waals surface area contributed by atoms with Gasteiger partial charge in [-0.3, -0.25) is 4.98 Å². The lowest BCUT2D eigenvalue weighted by molar-refractivity contribution is 0.317. The molecule has 0 fully saturated rings. The normalized spacial score (nSPS) is 11.9. The van der Waals surface area contributed by atoms with Crippen molar-refractivity contribution >= 4 is 11.7 Å². The van der Waals surface area contributed by atoms with E-state index in [-0.39, 0.29) is 5.84 Å². The number of amidine groups is 1. The molecule has 1 aromatic heterocycles. The number of oxime groups is 1. The molecule has 0 aromatic carbocycles. The summed E-state index contributed by atoms with van der Waals surface area (Å²) in [5.41, 5.74) is 6.39. The first kappa shape index (κ1) is 14.2. The highest BCUT2D eigenvalue weighted by Crippen LogP contribution is 2.15. The summed E-state index contributed by atoms with van der Waals surface area (Å²) in [6.45, 7) is 7.73. The van der Waals surface area contributed by atoms with E-state index in [1.165, 1.54) is 0 Å². The number of aryl methyl sites for hydroxylation is 1. The fourth-order valence-electron chi connectivity index (χ4n) is 1.73. The first-order valence-electron chi connectivity index (χ1n) is 6.03. The highest BCUT2D eigenvalue weighted by atomic mass is 16.4. The minimum atomic E-state index is 0.227. The van der Waals surface area contributed by atoms with E-state index in [9.17, 15) is 0 Å². The molecule has 100 valence electrons. The van der Waals surface area contributed by atoms with Crippen molar-refractivity contribution in [1.82, 2.24) is 9.97 Å². The van der Waals surface area contributed by atoms with E-state index < -0.39 is 0 Å². The first-order chi connectivity index (χ1) is 8.54. The van der Waals surface area contributed by atoms with Gasteiger partial charge in [0.15, 0.2) is 0 Å². The average molecular weight is 251 g/mol. The molecule has 0 unspecified atom stereocenters. The maximum Gasteiger partial charge on any atom is 0.150 e. The van der Waals surface area contributed by atoms with Crippen molar-refractivity contribution < 1.29 is 5.21 Å². The first-order valence-corrected chi connectivity index (χ1v) is 6.03. The zero-order chi connectivity index (χ0) is 13.5.